The Kier molecular flexibility index (Phi) is 7.48. The van der Waals surface area contributed by atoms with Gasteiger partial charge in [0.25, 0.3) is 5.91 Å². The van der Waals surface area contributed by atoms with E-state index in [9.17, 15) is 22.4 Å². The van der Waals surface area contributed by atoms with Crippen LogP contribution in [-0.2, 0) is 18.5 Å². The zero-order chi connectivity index (χ0) is 29.5. The lowest BCUT2D eigenvalue weighted by molar-refractivity contribution is -0.127. The summed E-state index contributed by atoms with van der Waals surface area (Å²) in [6.07, 6.45) is -0.403. The summed E-state index contributed by atoms with van der Waals surface area (Å²) >= 11 is 0. The molecule has 0 unspecified atom stereocenters. The summed E-state index contributed by atoms with van der Waals surface area (Å²) in [5.74, 6) is -0.413. The highest BCUT2D eigenvalue weighted by Crippen LogP contribution is 2.31. The van der Waals surface area contributed by atoms with Crippen LogP contribution in [0.2, 0.25) is 0 Å². The summed E-state index contributed by atoms with van der Waals surface area (Å²) < 4.78 is 63.9. The summed E-state index contributed by atoms with van der Waals surface area (Å²) in [6.45, 7) is 6.75. The quantitative estimate of drug-likeness (QED) is 0.319. The van der Waals surface area contributed by atoms with Crippen LogP contribution in [0.3, 0.4) is 0 Å². The van der Waals surface area contributed by atoms with Gasteiger partial charge in [0.2, 0.25) is 11.7 Å². The van der Waals surface area contributed by atoms with Crippen molar-refractivity contribution in [2.24, 2.45) is 0 Å². The number of piperidine rings is 1. The van der Waals surface area contributed by atoms with Crippen LogP contribution in [0.5, 0.6) is 0 Å². The highest BCUT2D eigenvalue weighted by atomic mass is 19.4. The van der Waals surface area contributed by atoms with E-state index in [0.717, 1.165) is 0 Å². The van der Waals surface area contributed by atoms with E-state index in [1.54, 1.807) is 18.5 Å². The van der Waals surface area contributed by atoms with Crippen LogP contribution in [-0.4, -0.2) is 78.4 Å². The fraction of sp³-hybridized carbons (Fsp3) is 0.500. The number of aromatic nitrogens is 6. The summed E-state index contributed by atoms with van der Waals surface area (Å²) in [4.78, 5) is 27.3. The van der Waals surface area contributed by atoms with E-state index < -0.39 is 24.8 Å². The molecule has 220 valence electrons. The van der Waals surface area contributed by atoms with E-state index in [1.807, 2.05) is 37.3 Å². The number of nitrogens with zero attached hydrogens (tertiary/aromatic N) is 7. The summed E-state index contributed by atoms with van der Waals surface area (Å²) in [5.41, 5.74) is -0.0653. The van der Waals surface area contributed by atoms with Crippen molar-refractivity contribution in [3.8, 4) is 11.5 Å². The molecule has 0 bridgehead atoms. The van der Waals surface area contributed by atoms with Gasteiger partial charge in [0.1, 0.15) is 11.9 Å². The third-order valence-corrected chi connectivity index (χ3v) is 6.89. The minimum atomic E-state index is -4.57. The second-order valence-electron chi connectivity index (χ2n) is 11.2. The molecule has 5 rings (SSSR count). The minimum absolute atomic E-state index is 0.0123. The number of halogens is 4. The number of carbonyl (C=O) groups excluding carboxylic acids is 1. The van der Waals surface area contributed by atoms with E-state index in [1.165, 1.54) is 16.8 Å². The smallest absolute Gasteiger partial charge is 0.361 e. The summed E-state index contributed by atoms with van der Waals surface area (Å²) in [7, 11) is 1.82. The zero-order valence-corrected chi connectivity index (χ0v) is 23.0. The van der Waals surface area contributed by atoms with Gasteiger partial charge in [-0.25, -0.2) is 14.4 Å². The zero-order valence-electron chi connectivity index (χ0n) is 23.0. The molecular formula is C26H31F4N9O2. The standard InChI is InChI=1S/C26H31F4N9O2/c1-25(2,3)38-9-5-15(13-38)24(40)32-12-19-34-21(36-41-19)20-18(11-26(28,29)30)39-10-7-31-22(23(39)35-20)33-17-6-8-37(4)14-16(17)27/h5,7,9-10,13,16-17H,6,8,11-12,14H2,1-4H3,(H,31,33)(H,32,40)/t16-,17+/m0/s1. The van der Waals surface area contributed by atoms with Crippen molar-refractivity contribution in [2.45, 2.75) is 64.1 Å². The van der Waals surface area contributed by atoms with Crippen molar-refractivity contribution in [2.75, 3.05) is 25.5 Å². The molecule has 0 spiro atoms. The highest BCUT2D eigenvalue weighted by Gasteiger charge is 2.34. The Morgan fingerprint density at radius 1 is 1.20 bits per heavy atom. The number of fused-ring (bicyclic) bond motifs is 1. The first-order valence-electron chi connectivity index (χ1n) is 13.1. The number of hydrogen-bond donors (Lipinski definition) is 2. The molecule has 1 fully saturated rings. The second-order valence-corrected chi connectivity index (χ2v) is 11.2. The topological polar surface area (TPSA) is 118 Å². The lowest BCUT2D eigenvalue weighted by atomic mass is 10.0. The minimum Gasteiger partial charge on any atom is -0.361 e. The lowest BCUT2D eigenvalue weighted by Crippen LogP contribution is -2.46. The number of likely N-dealkylation sites (tertiary alicyclic amines) is 1. The number of nitrogens with one attached hydrogen (secondary N) is 2. The molecule has 1 amide bonds. The summed E-state index contributed by atoms with van der Waals surface area (Å²) in [6, 6.07) is 1.10. The fourth-order valence-electron chi connectivity index (χ4n) is 4.69. The van der Waals surface area contributed by atoms with Crippen molar-refractivity contribution in [1.29, 1.82) is 0 Å². The predicted molar refractivity (Wildman–Crippen MR) is 141 cm³/mol. The second kappa shape index (κ2) is 10.8. The van der Waals surface area contributed by atoms with Gasteiger partial charge in [-0.1, -0.05) is 5.16 Å². The monoisotopic (exact) mass is 577 g/mol. The van der Waals surface area contributed by atoms with E-state index in [-0.39, 0.29) is 59.1 Å². The maximum absolute atomic E-state index is 14.7. The maximum atomic E-state index is 14.7. The van der Waals surface area contributed by atoms with Gasteiger partial charge >= 0.3 is 6.18 Å². The van der Waals surface area contributed by atoms with Gasteiger partial charge in [0.15, 0.2) is 11.5 Å². The highest BCUT2D eigenvalue weighted by molar-refractivity contribution is 5.93. The predicted octanol–water partition coefficient (Wildman–Crippen LogP) is 3.82. The molecule has 0 saturated carbocycles. The first kappa shape index (κ1) is 28.5. The molecule has 41 heavy (non-hydrogen) atoms. The van der Waals surface area contributed by atoms with Crippen LogP contribution in [0.25, 0.3) is 17.2 Å². The first-order valence-corrected chi connectivity index (χ1v) is 13.1. The van der Waals surface area contributed by atoms with E-state index in [4.69, 9.17) is 4.52 Å². The molecule has 1 saturated heterocycles. The van der Waals surface area contributed by atoms with E-state index >= 15 is 0 Å². The molecule has 0 aromatic carbocycles. The number of anilines is 1. The Morgan fingerprint density at radius 3 is 2.66 bits per heavy atom. The van der Waals surface area contributed by atoms with Crippen LogP contribution < -0.4 is 10.6 Å². The number of alkyl halides is 4. The SMILES string of the molecule is CN1CC[C@@H](Nc2nccn3c(CC(F)(F)F)c(-c4noc(CNC(=O)c5ccn(C(C)(C)C)c5)n4)nc23)[C@@H](F)C1. The normalized spacial score (nSPS) is 18.6. The Morgan fingerprint density at radius 2 is 1.98 bits per heavy atom. The molecular weight excluding hydrogens is 546 g/mol. The van der Waals surface area contributed by atoms with Crippen LogP contribution >= 0.6 is 0 Å². The molecule has 5 heterocycles. The number of imidazole rings is 1. The number of rotatable bonds is 7. The summed E-state index contributed by atoms with van der Waals surface area (Å²) in [5, 5.41) is 9.53. The van der Waals surface area contributed by atoms with E-state index in [0.29, 0.717) is 18.5 Å². The molecule has 0 aliphatic carbocycles. The maximum Gasteiger partial charge on any atom is 0.394 e. The third kappa shape index (κ3) is 6.34. The Hall–Kier alpha value is -4.01. The van der Waals surface area contributed by atoms with Gasteiger partial charge in [-0.15, -0.1) is 0 Å². The number of amides is 1. The van der Waals surface area contributed by atoms with Gasteiger partial charge in [0, 0.05) is 43.4 Å². The Labute approximate surface area is 232 Å². The van der Waals surface area contributed by atoms with Crippen molar-refractivity contribution in [3.63, 3.8) is 0 Å². The van der Waals surface area contributed by atoms with Crippen molar-refractivity contribution < 1.29 is 26.9 Å². The number of hydrogen-bond acceptors (Lipinski definition) is 8. The fourth-order valence-corrected chi connectivity index (χ4v) is 4.69. The molecule has 4 aromatic rings. The van der Waals surface area contributed by atoms with Gasteiger partial charge < -0.3 is 24.6 Å². The van der Waals surface area contributed by atoms with Crippen LogP contribution in [0.15, 0.2) is 35.4 Å². The third-order valence-electron chi connectivity index (χ3n) is 6.89. The van der Waals surface area contributed by atoms with Gasteiger partial charge in [0.05, 0.1) is 30.3 Å². The first-order chi connectivity index (χ1) is 19.3. The molecule has 4 aromatic heterocycles. The average Bonchev–Trinajstić information content (AvgIpc) is 3.63. The van der Waals surface area contributed by atoms with Crippen LogP contribution in [0.1, 0.15) is 49.1 Å². The Bertz CT molecular complexity index is 1540. The van der Waals surface area contributed by atoms with E-state index in [2.05, 4.69) is 30.7 Å². The van der Waals surface area contributed by atoms with Gasteiger partial charge in [-0.3, -0.25) is 9.20 Å². The lowest BCUT2D eigenvalue weighted by Gasteiger charge is -2.32. The molecule has 0 radical (unpaired) electrons. The van der Waals surface area contributed by atoms with Crippen LogP contribution in [0, 0.1) is 0 Å². The van der Waals surface area contributed by atoms with Gasteiger partial charge in [-0.05, 0) is 40.3 Å². The van der Waals surface area contributed by atoms with Crippen molar-refractivity contribution in [3.05, 3.63) is 48.0 Å². The average molecular weight is 578 g/mol. The molecule has 1 aliphatic heterocycles. The molecule has 11 nitrogen and oxygen atoms in total. The van der Waals surface area contributed by atoms with Crippen molar-refractivity contribution >= 4 is 17.4 Å². The molecule has 2 atom stereocenters. The number of carbonyl (C=O) groups is 1. The van der Waals surface area contributed by atoms with Crippen LogP contribution in [0.4, 0.5) is 23.4 Å². The molecule has 1 aliphatic rings. The molecule has 2 N–H and O–H groups in total. The largest absolute Gasteiger partial charge is 0.394 e. The van der Waals surface area contributed by atoms with Crippen molar-refractivity contribution in [1.82, 2.24) is 39.3 Å². The molecule has 15 heteroatoms. The Balaban J connectivity index is 1.40. The van der Waals surface area contributed by atoms with Gasteiger partial charge in [-0.2, -0.15) is 18.2 Å².